The molecule has 0 aliphatic heterocycles. The van der Waals surface area contributed by atoms with Gasteiger partial charge in [0, 0.05) is 32.7 Å². The van der Waals surface area contributed by atoms with Gasteiger partial charge in [-0.05, 0) is 49.7 Å². The number of aromatic nitrogens is 1. The Morgan fingerprint density at radius 2 is 1.77 bits per heavy atom. The molecule has 6 heteroatoms. The Hall–Kier alpha value is -3.15. The summed E-state index contributed by atoms with van der Waals surface area (Å²) in [5.74, 6) is 0.746. The number of carbonyl (C=O) groups excluding carboxylic acids is 1. The highest BCUT2D eigenvalue weighted by atomic mass is 35.5. The average Bonchev–Trinajstić information content (AvgIpc) is 3.06. The van der Waals surface area contributed by atoms with Gasteiger partial charge < -0.3 is 5.32 Å². The summed E-state index contributed by atoms with van der Waals surface area (Å²) in [7, 11) is 0. The number of rotatable bonds is 6. The molecule has 0 unspecified atom stereocenters. The summed E-state index contributed by atoms with van der Waals surface area (Å²) in [6.45, 7) is 4.17. The highest BCUT2D eigenvalue weighted by molar-refractivity contribution is 7.16. The third-order valence-electron chi connectivity index (χ3n) is 5.17. The predicted octanol–water partition coefficient (Wildman–Crippen LogP) is 6.29. The molecular formula is C25H23ClN3OS+. The summed E-state index contributed by atoms with van der Waals surface area (Å²) in [5.41, 5.74) is 3.81. The second-order valence-corrected chi connectivity index (χ2v) is 8.92. The summed E-state index contributed by atoms with van der Waals surface area (Å²) in [5, 5.41) is 8.22. The molecular weight excluding hydrogens is 426 g/mol. The van der Waals surface area contributed by atoms with Crippen molar-refractivity contribution in [3.8, 4) is 0 Å². The van der Waals surface area contributed by atoms with E-state index in [2.05, 4.69) is 29.5 Å². The molecule has 0 spiro atoms. The lowest BCUT2D eigenvalue weighted by molar-refractivity contribution is -0.361. The van der Waals surface area contributed by atoms with Crippen molar-refractivity contribution in [1.82, 2.24) is 0 Å². The lowest BCUT2D eigenvalue weighted by atomic mass is 9.96. The van der Waals surface area contributed by atoms with Crippen molar-refractivity contribution in [3.05, 3.63) is 111 Å². The molecule has 3 N–H and O–H groups in total. The minimum atomic E-state index is -0.201. The van der Waals surface area contributed by atoms with Crippen molar-refractivity contribution >= 4 is 39.7 Å². The van der Waals surface area contributed by atoms with Crippen molar-refractivity contribution in [2.75, 3.05) is 10.6 Å². The van der Waals surface area contributed by atoms with Gasteiger partial charge in [0.25, 0.3) is 11.7 Å². The number of carbonyl (C=O) groups is 1. The third-order valence-corrected chi connectivity index (χ3v) is 6.55. The van der Waals surface area contributed by atoms with Gasteiger partial charge in [-0.15, -0.1) is 11.3 Å². The lowest BCUT2D eigenvalue weighted by Crippen LogP contribution is -2.21. The van der Waals surface area contributed by atoms with E-state index in [4.69, 9.17) is 11.6 Å². The maximum atomic E-state index is 12.9. The van der Waals surface area contributed by atoms with Gasteiger partial charge >= 0.3 is 0 Å². The maximum absolute atomic E-state index is 12.9. The molecule has 1 atom stereocenters. The monoisotopic (exact) mass is 448 g/mol. The zero-order valence-electron chi connectivity index (χ0n) is 17.3. The van der Waals surface area contributed by atoms with Crippen molar-refractivity contribution in [2.45, 2.75) is 19.9 Å². The first kappa shape index (κ1) is 21.1. The number of halogens is 1. The van der Waals surface area contributed by atoms with E-state index in [1.807, 2.05) is 79.0 Å². The smallest absolute Gasteiger partial charge is 0.272 e. The van der Waals surface area contributed by atoms with Crippen LogP contribution in [0.4, 0.5) is 10.8 Å². The van der Waals surface area contributed by atoms with Crippen LogP contribution in [0, 0.1) is 13.8 Å². The molecule has 0 aliphatic carbocycles. The Balaban J connectivity index is 1.78. The molecule has 4 aromatic rings. The normalized spacial score (nSPS) is 11.7. The van der Waals surface area contributed by atoms with Crippen molar-refractivity contribution < 1.29 is 9.78 Å². The number of nitrogens with one attached hydrogen (secondary N) is 3. The fourth-order valence-electron chi connectivity index (χ4n) is 3.50. The Labute approximate surface area is 190 Å². The first-order chi connectivity index (χ1) is 15.0. The topological polar surface area (TPSA) is 55.3 Å². The number of anilines is 2. The summed E-state index contributed by atoms with van der Waals surface area (Å²) in [4.78, 5) is 17.3. The predicted molar refractivity (Wildman–Crippen MR) is 128 cm³/mol. The van der Waals surface area contributed by atoms with E-state index in [-0.39, 0.29) is 11.9 Å². The fraction of sp³-hybridized carbons (Fsp3) is 0.120. The Kier molecular flexibility index (Phi) is 6.35. The molecule has 2 aromatic carbocycles. The van der Waals surface area contributed by atoms with Crippen molar-refractivity contribution in [3.63, 3.8) is 0 Å². The van der Waals surface area contributed by atoms with Gasteiger partial charge in [0.1, 0.15) is 11.0 Å². The summed E-state index contributed by atoms with van der Waals surface area (Å²) < 4.78 is 0. The molecule has 4 rings (SSSR count). The highest BCUT2D eigenvalue weighted by Gasteiger charge is 2.28. The van der Waals surface area contributed by atoms with E-state index in [9.17, 15) is 4.79 Å². The molecule has 0 saturated heterocycles. The van der Waals surface area contributed by atoms with Crippen LogP contribution in [0.15, 0.2) is 79.0 Å². The van der Waals surface area contributed by atoms with Crippen LogP contribution >= 0.6 is 22.9 Å². The number of H-pyrrole nitrogens is 1. The molecule has 2 aromatic heterocycles. The minimum absolute atomic E-state index is 0.126. The molecule has 0 saturated carbocycles. The lowest BCUT2D eigenvalue weighted by Gasteiger charge is -2.18. The van der Waals surface area contributed by atoms with E-state index in [1.54, 1.807) is 11.3 Å². The zero-order chi connectivity index (χ0) is 21.8. The van der Waals surface area contributed by atoms with E-state index in [0.717, 1.165) is 32.4 Å². The molecule has 0 radical (unpaired) electrons. The largest absolute Gasteiger partial charge is 0.313 e. The van der Waals surface area contributed by atoms with Crippen LogP contribution in [0.25, 0.3) is 0 Å². The number of benzene rings is 2. The third kappa shape index (κ3) is 4.79. The first-order valence-corrected chi connectivity index (χ1v) is 11.2. The molecule has 0 bridgehead atoms. The number of aromatic amines is 1. The number of hydrogen-bond donors (Lipinski definition) is 2. The van der Waals surface area contributed by atoms with Gasteiger partial charge in [-0.3, -0.25) is 10.1 Å². The van der Waals surface area contributed by atoms with Gasteiger partial charge in [0.15, 0.2) is 0 Å². The van der Waals surface area contributed by atoms with Gasteiger partial charge in [-0.25, -0.2) is 4.98 Å². The zero-order valence-corrected chi connectivity index (χ0v) is 18.8. The van der Waals surface area contributed by atoms with E-state index in [1.165, 1.54) is 0 Å². The number of aryl methyl sites for hydroxylation is 1. The van der Waals surface area contributed by atoms with Gasteiger partial charge in [-0.2, -0.15) is 0 Å². The standard InChI is InChI=1S/C25H22ClN3OS/c1-16-17(2)31-25(29-24(30)18-9-4-3-5-10-18)22(16)23(19-11-8-12-20(26)15-19)28-21-13-6-7-14-27-21/h3-15,23H,1-2H3,(H,27,28)(H,29,30)/p+1/t23-/m0/s1. The second kappa shape index (κ2) is 9.33. The summed E-state index contributed by atoms with van der Waals surface area (Å²) in [6, 6.07) is 22.7. The summed E-state index contributed by atoms with van der Waals surface area (Å²) in [6.07, 6.45) is 1.88. The fourth-order valence-corrected chi connectivity index (χ4v) is 4.79. The van der Waals surface area contributed by atoms with Gasteiger partial charge in [0.05, 0.1) is 6.20 Å². The van der Waals surface area contributed by atoms with E-state index < -0.39 is 0 Å². The van der Waals surface area contributed by atoms with E-state index in [0.29, 0.717) is 10.6 Å². The van der Waals surface area contributed by atoms with Crippen molar-refractivity contribution in [1.29, 1.82) is 0 Å². The molecule has 1 amide bonds. The minimum Gasteiger partial charge on any atom is -0.313 e. The van der Waals surface area contributed by atoms with Gasteiger partial charge in [-0.1, -0.05) is 48.0 Å². The second-order valence-electron chi connectivity index (χ2n) is 7.25. The Morgan fingerprint density at radius 3 is 2.48 bits per heavy atom. The highest BCUT2D eigenvalue weighted by Crippen LogP contribution is 2.41. The molecule has 0 aliphatic rings. The Bertz CT molecular complexity index is 1190. The summed E-state index contributed by atoms with van der Waals surface area (Å²) >= 11 is 7.91. The molecule has 0 fully saturated rings. The number of amides is 1. The quantitative estimate of drug-likeness (QED) is 0.364. The molecule has 2 heterocycles. The SMILES string of the molecule is Cc1sc(NC(=O)c2ccccc2)c([C@@H](Nc2cccc[nH+]2)c2cccc(Cl)c2)c1C. The van der Waals surface area contributed by atoms with E-state index >= 15 is 0 Å². The number of hydrogen-bond acceptors (Lipinski definition) is 3. The van der Waals surface area contributed by atoms with Crippen LogP contribution in [0.1, 0.15) is 38.0 Å². The van der Waals surface area contributed by atoms with Crippen LogP contribution < -0.4 is 15.6 Å². The van der Waals surface area contributed by atoms with Crippen LogP contribution in [-0.4, -0.2) is 5.91 Å². The van der Waals surface area contributed by atoms with Crippen LogP contribution in [0.2, 0.25) is 5.02 Å². The number of thiophene rings is 1. The number of pyridine rings is 1. The van der Waals surface area contributed by atoms with Crippen LogP contribution in [0.3, 0.4) is 0 Å². The average molecular weight is 449 g/mol. The molecule has 4 nitrogen and oxygen atoms in total. The van der Waals surface area contributed by atoms with Gasteiger partial charge in [0.2, 0.25) is 0 Å². The van der Waals surface area contributed by atoms with Crippen molar-refractivity contribution in [2.24, 2.45) is 0 Å². The maximum Gasteiger partial charge on any atom is 0.272 e. The van der Waals surface area contributed by atoms with Crippen LogP contribution in [-0.2, 0) is 0 Å². The molecule has 156 valence electrons. The first-order valence-electron chi connectivity index (χ1n) is 9.98. The van der Waals surface area contributed by atoms with Crippen LogP contribution in [0.5, 0.6) is 0 Å². The molecule has 31 heavy (non-hydrogen) atoms. The Morgan fingerprint density at radius 1 is 1.00 bits per heavy atom.